The Kier molecular flexibility index (Phi) is 8.20. The van der Waals surface area contributed by atoms with Gasteiger partial charge in [-0.2, -0.15) is 0 Å². The zero-order valence-electron chi connectivity index (χ0n) is 17.2. The van der Waals surface area contributed by atoms with Crippen LogP contribution in [-0.4, -0.2) is 57.1 Å². The molecule has 1 atom stereocenters. The fourth-order valence-corrected chi connectivity index (χ4v) is 3.81. The van der Waals surface area contributed by atoms with Crippen molar-refractivity contribution in [3.63, 3.8) is 0 Å². The Morgan fingerprint density at radius 2 is 1.71 bits per heavy atom. The average molecular weight is 466 g/mol. The predicted molar refractivity (Wildman–Crippen MR) is 117 cm³/mol. The molecule has 0 aliphatic rings. The van der Waals surface area contributed by atoms with Crippen LogP contribution in [0.2, 0.25) is 0 Å². The van der Waals surface area contributed by atoms with E-state index in [1.807, 2.05) is 0 Å². The van der Waals surface area contributed by atoms with Crippen LogP contribution in [-0.2, 0) is 24.3 Å². The first kappa shape index (κ1) is 24.4. The van der Waals surface area contributed by atoms with Gasteiger partial charge in [-0.3, -0.25) is 9.59 Å². The summed E-state index contributed by atoms with van der Waals surface area (Å²) in [6.45, 7) is 1.41. The SMILES string of the molecule is CC(OC(=O)c1ccccc1SCC(=O)N(C)C)C(=O)Nc1ccc(S(N)(=O)=O)cc1. The van der Waals surface area contributed by atoms with Crippen LogP contribution in [0.15, 0.2) is 58.3 Å². The number of ether oxygens (including phenoxy) is 1. The molecule has 0 bridgehead atoms. The van der Waals surface area contributed by atoms with Crippen LogP contribution in [0.1, 0.15) is 17.3 Å². The zero-order valence-corrected chi connectivity index (χ0v) is 18.8. The summed E-state index contributed by atoms with van der Waals surface area (Å²) >= 11 is 1.20. The summed E-state index contributed by atoms with van der Waals surface area (Å²) in [5, 5.41) is 7.57. The number of carbonyl (C=O) groups excluding carboxylic acids is 3. The highest BCUT2D eigenvalue weighted by atomic mass is 32.2. The second kappa shape index (κ2) is 10.4. The molecule has 0 aliphatic heterocycles. The molecule has 1 unspecified atom stereocenters. The van der Waals surface area contributed by atoms with Gasteiger partial charge in [0, 0.05) is 24.7 Å². The molecule has 0 fully saturated rings. The lowest BCUT2D eigenvalue weighted by atomic mass is 10.2. The quantitative estimate of drug-likeness (QED) is 0.447. The highest BCUT2D eigenvalue weighted by Crippen LogP contribution is 2.24. The highest BCUT2D eigenvalue weighted by Gasteiger charge is 2.21. The van der Waals surface area contributed by atoms with Gasteiger partial charge in [0.15, 0.2) is 6.10 Å². The van der Waals surface area contributed by atoms with Crippen molar-refractivity contribution in [3.05, 3.63) is 54.1 Å². The molecule has 0 aromatic heterocycles. The number of thioether (sulfide) groups is 1. The lowest BCUT2D eigenvalue weighted by molar-refractivity contribution is -0.126. The number of nitrogens with one attached hydrogen (secondary N) is 1. The number of esters is 1. The van der Waals surface area contributed by atoms with Crippen molar-refractivity contribution in [2.24, 2.45) is 5.14 Å². The van der Waals surface area contributed by atoms with E-state index in [2.05, 4.69) is 5.32 Å². The number of nitrogens with two attached hydrogens (primary N) is 1. The van der Waals surface area contributed by atoms with Crippen LogP contribution < -0.4 is 10.5 Å². The Morgan fingerprint density at radius 3 is 2.29 bits per heavy atom. The number of carbonyl (C=O) groups is 3. The van der Waals surface area contributed by atoms with Crippen LogP contribution in [0.3, 0.4) is 0 Å². The van der Waals surface area contributed by atoms with Crippen LogP contribution >= 0.6 is 11.8 Å². The lowest BCUT2D eigenvalue weighted by Crippen LogP contribution is -2.30. The number of nitrogens with zero attached hydrogens (tertiary/aromatic N) is 1. The minimum Gasteiger partial charge on any atom is -0.449 e. The third-order valence-electron chi connectivity index (χ3n) is 4.06. The molecule has 2 amide bonds. The second-order valence-electron chi connectivity index (χ2n) is 6.68. The van der Waals surface area contributed by atoms with Crippen LogP contribution in [0, 0.1) is 0 Å². The molecule has 166 valence electrons. The molecule has 31 heavy (non-hydrogen) atoms. The summed E-state index contributed by atoms with van der Waals surface area (Å²) in [5.41, 5.74) is 0.565. The number of hydrogen-bond acceptors (Lipinski definition) is 7. The molecule has 0 saturated carbocycles. The van der Waals surface area contributed by atoms with Crippen LogP contribution in [0.5, 0.6) is 0 Å². The number of benzene rings is 2. The molecule has 0 saturated heterocycles. The van der Waals surface area contributed by atoms with Gasteiger partial charge < -0.3 is 15.0 Å². The Hall–Kier alpha value is -2.89. The Morgan fingerprint density at radius 1 is 1.10 bits per heavy atom. The van der Waals surface area contributed by atoms with Gasteiger partial charge in [0.2, 0.25) is 15.9 Å². The average Bonchev–Trinajstić information content (AvgIpc) is 2.71. The van der Waals surface area contributed by atoms with E-state index in [0.29, 0.717) is 10.6 Å². The first-order valence-electron chi connectivity index (χ1n) is 9.05. The third kappa shape index (κ3) is 7.09. The van der Waals surface area contributed by atoms with E-state index >= 15 is 0 Å². The molecule has 2 rings (SSSR count). The van der Waals surface area contributed by atoms with Crippen molar-refractivity contribution in [2.45, 2.75) is 22.8 Å². The molecule has 9 nitrogen and oxygen atoms in total. The van der Waals surface area contributed by atoms with Crippen molar-refractivity contribution < 1.29 is 27.5 Å². The summed E-state index contributed by atoms with van der Waals surface area (Å²) in [5.74, 6) is -1.24. The minimum absolute atomic E-state index is 0.0909. The number of sulfonamides is 1. The highest BCUT2D eigenvalue weighted by molar-refractivity contribution is 8.00. The van der Waals surface area contributed by atoms with Gasteiger partial charge in [0.25, 0.3) is 5.91 Å². The molecule has 0 spiro atoms. The fraction of sp³-hybridized carbons (Fsp3) is 0.250. The molecular formula is C20H23N3O6S2. The molecule has 0 heterocycles. The second-order valence-corrected chi connectivity index (χ2v) is 9.26. The number of amides is 2. The van der Waals surface area contributed by atoms with Gasteiger partial charge in [-0.25, -0.2) is 18.4 Å². The van der Waals surface area contributed by atoms with Gasteiger partial charge >= 0.3 is 5.97 Å². The summed E-state index contributed by atoms with van der Waals surface area (Å²) in [6, 6.07) is 11.9. The standard InChI is InChI=1S/C20H23N3O6S2/c1-13(19(25)22-14-8-10-15(11-9-14)31(21,27)28)29-20(26)16-6-4-5-7-17(16)30-12-18(24)23(2)3/h4-11,13H,12H2,1-3H3,(H,22,25)(H2,21,27,28). The number of rotatable bonds is 8. The van der Waals surface area contributed by atoms with Crippen molar-refractivity contribution >= 4 is 45.3 Å². The van der Waals surface area contributed by atoms with Crippen molar-refractivity contribution in [1.29, 1.82) is 0 Å². The Bertz CT molecular complexity index is 1070. The van der Waals surface area contributed by atoms with Gasteiger partial charge in [-0.05, 0) is 43.3 Å². The first-order chi connectivity index (χ1) is 14.5. The maximum Gasteiger partial charge on any atom is 0.340 e. The third-order valence-corrected chi connectivity index (χ3v) is 6.05. The summed E-state index contributed by atoms with van der Waals surface area (Å²) in [7, 11) is -0.549. The normalized spacial score (nSPS) is 12.0. The van der Waals surface area contributed by atoms with Gasteiger partial charge in [0.1, 0.15) is 0 Å². The fourth-order valence-electron chi connectivity index (χ4n) is 2.28. The summed E-state index contributed by atoms with van der Waals surface area (Å²) < 4.78 is 27.8. The molecule has 11 heteroatoms. The van der Waals surface area contributed by atoms with E-state index in [-0.39, 0.29) is 22.1 Å². The maximum atomic E-state index is 12.6. The van der Waals surface area contributed by atoms with E-state index in [1.54, 1.807) is 38.4 Å². The monoisotopic (exact) mass is 465 g/mol. The molecular weight excluding hydrogens is 442 g/mol. The van der Waals surface area contributed by atoms with E-state index < -0.39 is 28.0 Å². The van der Waals surface area contributed by atoms with Crippen molar-refractivity contribution in [3.8, 4) is 0 Å². The largest absolute Gasteiger partial charge is 0.449 e. The van der Waals surface area contributed by atoms with Crippen molar-refractivity contribution in [2.75, 3.05) is 25.2 Å². The lowest BCUT2D eigenvalue weighted by Gasteiger charge is -2.15. The summed E-state index contributed by atoms with van der Waals surface area (Å²) in [4.78, 5) is 38.7. The number of primary sulfonamides is 1. The minimum atomic E-state index is -3.84. The van der Waals surface area contributed by atoms with Crippen molar-refractivity contribution in [1.82, 2.24) is 4.90 Å². The van der Waals surface area contributed by atoms with Crippen LogP contribution in [0.4, 0.5) is 5.69 Å². The number of hydrogen-bond donors (Lipinski definition) is 2. The van der Waals surface area contributed by atoms with Gasteiger partial charge in [-0.1, -0.05) is 12.1 Å². The zero-order chi connectivity index (χ0) is 23.2. The smallest absolute Gasteiger partial charge is 0.340 e. The molecule has 0 aliphatic carbocycles. The predicted octanol–water partition coefficient (Wildman–Crippen LogP) is 1.70. The topological polar surface area (TPSA) is 136 Å². The van der Waals surface area contributed by atoms with E-state index in [4.69, 9.17) is 9.88 Å². The summed E-state index contributed by atoms with van der Waals surface area (Å²) in [6.07, 6.45) is -1.12. The van der Waals surface area contributed by atoms with Crippen LogP contribution in [0.25, 0.3) is 0 Å². The number of anilines is 1. The first-order valence-corrected chi connectivity index (χ1v) is 11.6. The van der Waals surface area contributed by atoms with E-state index in [0.717, 1.165) is 0 Å². The Balaban J connectivity index is 2.02. The maximum absolute atomic E-state index is 12.6. The molecule has 2 aromatic rings. The van der Waals surface area contributed by atoms with E-state index in [9.17, 15) is 22.8 Å². The molecule has 0 radical (unpaired) electrons. The van der Waals surface area contributed by atoms with Gasteiger partial charge in [-0.15, -0.1) is 11.8 Å². The van der Waals surface area contributed by atoms with Gasteiger partial charge in [0.05, 0.1) is 16.2 Å². The van der Waals surface area contributed by atoms with E-state index in [1.165, 1.54) is 47.9 Å². The molecule has 3 N–H and O–H groups in total. The Labute approximate surface area is 185 Å². The molecule has 2 aromatic carbocycles.